The maximum atomic E-state index is 13.0. The van der Waals surface area contributed by atoms with Gasteiger partial charge in [0.2, 0.25) is 15.9 Å². The lowest BCUT2D eigenvalue weighted by atomic mass is 9.87. The van der Waals surface area contributed by atoms with Crippen molar-refractivity contribution in [1.82, 2.24) is 9.21 Å². The highest BCUT2D eigenvalue weighted by atomic mass is 35.5. The van der Waals surface area contributed by atoms with E-state index in [1.807, 2.05) is 17.0 Å². The predicted molar refractivity (Wildman–Crippen MR) is 120 cm³/mol. The van der Waals surface area contributed by atoms with Crippen LogP contribution in [0.1, 0.15) is 26.3 Å². The van der Waals surface area contributed by atoms with Gasteiger partial charge in [-0.3, -0.25) is 9.69 Å². The monoisotopic (exact) mass is 449 g/mol. The SMILES string of the molecule is CC(C)(C)c1ccc(S(=O)(=O)N2CCN(CC(=O)Nc3ccccc3Cl)CC2)cc1. The molecule has 0 bridgehead atoms. The number of benzene rings is 2. The van der Waals surface area contributed by atoms with Crippen molar-refractivity contribution in [1.29, 1.82) is 0 Å². The standard InChI is InChI=1S/C22H28ClN3O3S/c1-22(2,3)17-8-10-18(11-9-17)30(28,29)26-14-12-25(13-15-26)16-21(27)24-20-7-5-4-6-19(20)23/h4-11H,12-16H2,1-3H3,(H,24,27). The molecule has 8 heteroatoms. The first-order chi connectivity index (χ1) is 14.1. The number of rotatable bonds is 5. The highest BCUT2D eigenvalue weighted by molar-refractivity contribution is 7.89. The third-order valence-corrected chi connectivity index (χ3v) is 7.45. The number of piperazine rings is 1. The van der Waals surface area contributed by atoms with Gasteiger partial charge in [-0.2, -0.15) is 4.31 Å². The number of nitrogens with zero attached hydrogens (tertiary/aromatic N) is 2. The van der Waals surface area contributed by atoms with Crippen molar-refractivity contribution in [2.45, 2.75) is 31.1 Å². The van der Waals surface area contributed by atoms with Crippen LogP contribution < -0.4 is 5.32 Å². The van der Waals surface area contributed by atoms with Gasteiger partial charge in [-0.05, 0) is 35.2 Å². The Kier molecular flexibility index (Phi) is 6.87. The second-order valence-corrected chi connectivity index (χ2v) is 10.8. The van der Waals surface area contributed by atoms with E-state index in [2.05, 4.69) is 26.1 Å². The third-order valence-electron chi connectivity index (χ3n) is 5.20. The van der Waals surface area contributed by atoms with Gasteiger partial charge >= 0.3 is 0 Å². The molecule has 2 aromatic carbocycles. The van der Waals surface area contributed by atoms with Gasteiger partial charge in [0.05, 0.1) is 22.2 Å². The van der Waals surface area contributed by atoms with Crippen LogP contribution in [0.3, 0.4) is 0 Å². The molecule has 0 atom stereocenters. The van der Waals surface area contributed by atoms with Crippen LogP contribution in [0.5, 0.6) is 0 Å². The van der Waals surface area contributed by atoms with Crippen LogP contribution in [0, 0.1) is 0 Å². The van der Waals surface area contributed by atoms with E-state index >= 15 is 0 Å². The van der Waals surface area contributed by atoms with Crippen molar-refractivity contribution in [2.75, 3.05) is 38.0 Å². The molecule has 0 aliphatic carbocycles. The number of carbonyl (C=O) groups is 1. The zero-order valence-corrected chi connectivity index (χ0v) is 19.1. The third kappa shape index (κ3) is 5.40. The summed E-state index contributed by atoms with van der Waals surface area (Å²) < 4.78 is 27.4. The van der Waals surface area contributed by atoms with Gasteiger partial charge in [0, 0.05) is 26.2 Å². The van der Waals surface area contributed by atoms with E-state index in [0.717, 1.165) is 5.56 Å². The summed E-state index contributed by atoms with van der Waals surface area (Å²) in [7, 11) is -3.54. The molecule has 0 aromatic heterocycles. The minimum Gasteiger partial charge on any atom is -0.324 e. The van der Waals surface area contributed by atoms with Gasteiger partial charge in [-0.1, -0.05) is 56.6 Å². The Morgan fingerprint density at radius 3 is 2.17 bits per heavy atom. The first-order valence-corrected chi connectivity index (χ1v) is 11.8. The Bertz CT molecular complexity index is 993. The van der Waals surface area contributed by atoms with Crippen molar-refractivity contribution in [3.05, 3.63) is 59.1 Å². The lowest BCUT2D eigenvalue weighted by Gasteiger charge is -2.33. The molecule has 0 saturated carbocycles. The van der Waals surface area contributed by atoms with Gasteiger partial charge in [-0.15, -0.1) is 0 Å². The first-order valence-electron chi connectivity index (χ1n) is 9.95. The van der Waals surface area contributed by atoms with Gasteiger partial charge in [0.25, 0.3) is 0 Å². The fourth-order valence-electron chi connectivity index (χ4n) is 3.36. The van der Waals surface area contributed by atoms with E-state index in [1.165, 1.54) is 4.31 Å². The number of nitrogens with one attached hydrogen (secondary N) is 1. The van der Waals surface area contributed by atoms with Gasteiger partial charge < -0.3 is 5.32 Å². The largest absolute Gasteiger partial charge is 0.324 e. The molecule has 162 valence electrons. The fraction of sp³-hybridized carbons (Fsp3) is 0.409. The maximum Gasteiger partial charge on any atom is 0.243 e. The molecular weight excluding hydrogens is 422 g/mol. The van der Waals surface area contributed by atoms with Gasteiger partial charge in [-0.25, -0.2) is 8.42 Å². The van der Waals surface area contributed by atoms with Gasteiger partial charge in [0.1, 0.15) is 0 Å². The van der Waals surface area contributed by atoms with Crippen LogP contribution in [0.15, 0.2) is 53.4 Å². The summed E-state index contributed by atoms with van der Waals surface area (Å²) in [6, 6.07) is 14.2. The van der Waals surface area contributed by atoms with E-state index in [4.69, 9.17) is 11.6 Å². The summed E-state index contributed by atoms with van der Waals surface area (Å²) in [5, 5.41) is 3.28. The molecule has 1 N–H and O–H groups in total. The van der Waals surface area contributed by atoms with Crippen LogP contribution in [0.4, 0.5) is 5.69 Å². The van der Waals surface area contributed by atoms with E-state index in [-0.39, 0.29) is 17.9 Å². The molecule has 1 saturated heterocycles. The van der Waals surface area contributed by atoms with Crippen LogP contribution in [-0.4, -0.2) is 56.3 Å². The van der Waals surface area contributed by atoms with Crippen molar-refractivity contribution < 1.29 is 13.2 Å². The smallest absolute Gasteiger partial charge is 0.243 e. The molecule has 0 radical (unpaired) electrons. The molecule has 0 unspecified atom stereocenters. The average Bonchev–Trinajstić information content (AvgIpc) is 2.69. The lowest BCUT2D eigenvalue weighted by molar-refractivity contribution is -0.117. The highest BCUT2D eigenvalue weighted by Crippen LogP contribution is 2.25. The molecule has 0 spiro atoms. The number of halogens is 1. The van der Waals surface area contributed by atoms with Gasteiger partial charge in [0.15, 0.2) is 0 Å². The fourth-order valence-corrected chi connectivity index (χ4v) is 4.96. The Labute approximate surface area is 183 Å². The van der Waals surface area contributed by atoms with E-state index in [0.29, 0.717) is 41.8 Å². The van der Waals surface area contributed by atoms with Crippen molar-refractivity contribution >= 4 is 33.2 Å². The molecule has 1 fully saturated rings. The number of para-hydroxylation sites is 1. The topological polar surface area (TPSA) is 69.7 Å². The Hall–Kier alpha value is -1.93. The molecule has 2 aromatic rings. The van der Waals surface area contributed by atoms with Crippen LogP contribution in [0.25, 0.3) is 0 Å². The van der Waals surface area contributed by atoms with Crippen LogP contribution in [0.2, 0.25) is 5.02 Å². The van der Waals surface area contributed by atoms with E-state index in [9.17, 15) is 13.2 Å². The molecule has 1 amide bonds. The summed E-state index contributed by atoms with van der Waals surface area (Å²) in [5.74, 6) is -0.169. The number of hydrogen-bond acceptors (Lipinski definition) is 4. The summed E-state index contributed by atoms with van der Waals surface area (Å²) in [5.41, 5.74) is 1.64. The van der Waals surface area contributed by atoms with Crippen molar-refractivity contribution in [3.63, 3.8) is 0 Å². The summed E-state index contributed by atoms with van der Waals surface area (Å²) >= 11 is 6.07. The molecule has 1 aliphatic heterocycles. The summed E-state index contributed by atoms with van der Waals surface area (Å²) in [6.07, 6.45) is 0. The molecule has 1 heterocycles. The zero-order chi connectivity index (χ0) is 21.9. The number of carbonyl (C=O) groups excluding carboxylic acids is 1. The number of anilines is 1. The minimum atomic E-state index is -3.54. The predicted octanol–water partition coefficient (Wildman–Crippen LogP) is 3.58. The number of amides is 1. The number of sulfonamides is 1. The molecule has 3 rings (SSSR count). The molecule has 1 aliphatic rings. The van der Waals surface area contributed by atoms with E-state index in [1.54, 1.807) is 36.4 Å². The minimum absolute atomic E-state index is 0.0293. The van der Waals surface area contributed by atoms with Crippen LogP contribution in [-0.2, 0) is 20.2 Å². The quantitative estimate of drug-likeness (QED) is 0.757. The Morgan fingerprint density at radius 1 is 1.00 bits per heavy atom. The second-order valence-electron chi connectivity index (χ2n) is 8.48. The van der Waals surface area contributed by atoms with E-state index < -0.39 is 10.0 Å². The van der Waals surface area contributed by atoms with Crippen molar-refractivity contribution in [3.8, 4) is 0 Å². The maximum absolute atomic E-state index is 13.0. The highest BCUT2D eigenvalue weighted by Gasteiger charge is 2.29. The number of hydrogen-bond donors (Lipinski definition) is 1. The molecule has 6 nitrogen and oxygen atoms in total. The Balaban J connectivity index is 1.56. The average molecular weight is 450 g/mol. The second kappa shape index (κ2) is 9.06. The van der Waals surface area contributed by atoms with Crippen molar-refractivity contribution in [2.24, 2.45) is 0 Å². The molecular formula is C22H28ClN3O3S. The molecule has 30 heavy (non-hydrogen) atoms. The zero-order valence-electron chi connectivity index (χ0n) is 17.6. The summed E-state index contributed by atoms with van der Waals surface area (Å²) in [6.45, 7) is 8.17. The Morgan fingerprint density at radius 2 is 1.60 bits per heavy atom. The normalized spacial score (nSPS) is 16.4. The first kappa shape index (κ1) is 22.7. The summed E-state index contributed by atoms with van der Waals surface area (Å²) in [4.78, 5) is 14.6. The van der Waals surface area contributed by atoms with Crippen LogP contribution >= 0.6 is 11.6 Å². The lowest BCUT2D eigenvalue weighted by Crippen LogP contribution is -2.50.